The SMILES string of the molecule is CC(=O)OC1=C2CC[C@H]3[C@@H]4[C@@H](CCC(C)C)CC(=O)[C@@]4(C)CC[C@@H]3[C@@]2(C)CCC1=O. The first-order valence-corrected chi connectivity index (χ1v) is 12.1. The van der Waals surface area contributed by atoms with Gasteiger partial charge in [0.05, 0.1) is 0 Å². The molecule has 6 atom stereocenters. The Morgan fingerprint density at radius 2 is 1.83 bits per heavy atom. The Bertz CT molecular complexity index is 793. The summed E-state index contributed by atoms with van der Waals surface area (Å²) in [7, 11) is 0. The third kappa shape index (κ3) is 3.29. The Morgan fingerprint density at radius 3 is 2.50 bits per heavy atom. The largest absolute Gasteiger partial charge is 0.423 e. The minimum absolute atomic E-state index is 0.0115. The number of allylic oxidation sites excluding steroid dienone is 1. The van der Waals surface area contributed by atoms with E-state index in [1.807, 2.05) is 0 Å². The van der Waals surface area contributed by atoms with Gasteiger partial charge < -0.3 is 4.74 Å². The minimum atomic E-state index is -0.399. The van der Waals surface area contributed by atoms with Gasteiger partial charge in [-0.1, -0.05) is 34.1 Å². The zero-order chi connectivity index (χ0) is 21.8. The number of Topliss-reactive ketones (excluding diaryl/α,β-unsaturated/α-hetero) is 2. The number of hydrogen-bond donors (Lipinski definition) is 0. The summed E-state index contributed by atoms with van der Waals surface area (Å²) >= 11 is 0. The number of fused-ring (bicyclic) bond motifs is 5. The number of ketones is 2. The lowest BCUT2D eigenvalue weighted by atomic mass is 9.46. The summed E-state index contributed by atoms with van der Waals surface area (Å²) in [6, 6.07) is 0. The van der Waals surface area contributed by atoms with Crippen molar-refractivity contribution in [1.82, 2.24) is 0 Å². The molecule has 3 saturated carbocycles. The number of carbonyl (C=O) groups excluding carboxylic acids is 3. The summed E-state index contributed by atoms with van der Waals surface area (Å²) in [6.07, 6.45) is 8.26. The standard InChI is InChI=1S/C26H38O4/c1-15(2)6-7-17-14-22(29)26(5)12-10-19-18(23(17)26)8-9-20-24(30-16(3)27)21(28)11-13-25(19,20)4/h15,17-19,23H,6-14H2,1-5H3/t17-,18+,19-,23-,25+,26+/m0/s1. The zero-order valence-corrected chi connectivity index (χ0v) is 19.4. The molecule has 3 fully saturated rings. The molecule has 30 heavy (non-hydrogen) atoms. The van der Waals surface area contributed by atoms with Gasteiger partial charge in [0.15, 0.2) is 11.5 Å². The normalized spacial score (nSPS) is 40.9. The maximum Gasteiger partial charge on any atom is 0.308 e. The van der Waals surface area contributed by atoms with Gasteiger partial charge in [0.2, 0.25) is 0 Å². The lowest BCUT2D eigenvalue weighted by Crippen LogP contribution is -2.52. The topological polar surface area (TPSA) is 60.4 Å². The summed E-state index contributed by atoms with van der Waals surface area (Å²) in [6.45, 7) is 10.5. The number of rotatable bonds is 4. The first-order valence-electron chi connectivity index (χ1n) is 12.1. The van der Waals surface area contributed by atoms with Crippen LogP contribution in [-0.2, 0) is 19.1 Å². The molecule has 0 spiro atoms. The van der Waals surface area contributed by atoms with Crippen LogP contribution >= 0.6 is 0 Å². The van der Waals surface area contributed by atoms with E-state index in [1.165, 1.54) is 13.3 Å². The van der Waals surface area contributed by atoms with E-state index in [4.69, 9.17) is 4.74 Å². The summed E-state index contributed by atoms with van der Waals surface area (Å²) in [4.78, 5) is 37.4. The fourth-order valence-corrected chi connectivity index (χ4v) is 7.80. The van der Waals surface area contributed by atoms with Gasteiger partial charge in [-0.05, 0) is 79.1 Å². The van der Waals surface area contributed by atoms with Gasteiger partial charge in [-0.2, -0.15) is 0 Å². The van der Waals surface area contributed by atoms with Crippen LogP contribution in [0.1, 0.15) is 92.4 Å². The van der Waals surface area contributed by atoms with Crippen LogP contribution in [-0.4, -0.2) is 17.5 Å². The molecule has 0 heterocycles. The Balaban J connectivity index is 1.69. The van der Waals surface area contributed by atoms with Gasteiger partial charge >= 0.3 is 5.97 Å². The Kier molecular flexibility index (Phi) is 5.51. The highest BCUT2D eigenvalue weighted by Crippen LogP contribution is 2.66. The van der Waals surface area contributed by atoms with Gasteiger partial charge in [0.25, 0.3) is 0 Å². The Labute approximate surface area is 181 Å². The van der Waals surface area contributed by atoms with E-state index in [-0.39, 0.29) is 16.6 Å². The molecular weight excluding hydrogens is 376 g/mol. The van der Waals surface area contributed by atoms with Crippen LogP contribution in [0.2, 0.25) is 0 Å². The van der Waals surface area contributed by atoms with E-state index in [0.29, 0.717) is 47.6 Å². The highest BCUT2D eigenvalue weighted by Gasteiger charge is 2.62. The number of hydrogen-bond acceptors (Lipinski definition) is 4. The van der Waals surface area contributed by atoms with Crippen LogP contribution in [0.15, 0.2) is 11.3 Å². The molecule has 0 bridgehead atoms. The molecule has 0 aliphatic heterocycles. The molecule has 4 heteroatoms. The van der Waals surface area contributed by atoms with E-state index >= 15 is 0 Å². The van der Waals surface area contributed by atoms with E-state index in [0.717, 1.165) is 50.5 Å². The number of esters is 1. The van der Waals surface area contributed by atoms with E-state index in [9.17, 15) is 14.4 Å². The fourth-order valence-electron chi connectivity index (χ4n) is 7.80. The minimum Gasteiger partial charge on any atom is -0.423 e. The maximum absolute atomic E-state index is 13.1. The van der Waals surface area contributed by atoms with Crippen molar-refractivity contribution in [1.29, 1.82) is 0 Å². The quantitative estimate of drug-likeness (QED) is 0.559. The summed E-state index contributed by atoms with van der Waals surface area (Å²) in [5.74, 6) is 3.08. The highest BCUT2D eigenvalue weighted by molar-refractivity contribution is 5.97. The predicted molar refractivity (Wildman–Crippen MR) is 115 cm³/mol. The third-order valence-corrected chi connectivity index (χ3v) is 9.28. The van der Waals surface area contributed by atoms with Gasteiger partial charge in [-0.15, -0.1) is 0 Å². The van der Waals surface area contributed by atoms with Crippen molar-refractivity contribution >= 4 is 17.5 Å². The van der Waals surface area contributed by atoms with Crippen molar-refractivity contribution in [3.8, 4) is 0 Å². The van der Waals surface area contributed by atoms with Crippen molar-refractivity contribution in [3.63, 3.8) is 0 Å². The molecule has 4 rings (SSSR count). The number of carbonyl (C=O) groups is 3. The summed E-state index contributed by atoms with van der Waals surface area (Å²) in [5, 5.41) is 0. The molecule has 0 N–H and O–H groups in total. The molecule has 0 amide bonds. The van der Waals surface area contributed by atoms with Gasteiger partial charge in [-0.3, -0.25) is 14.4 Å². The van der Waals surface area contributed by atoms with Crippen molar-refractivity contribution in [2.24, 2.45) is 40.4 Å². The molecule has 0 aromatic carbocycles. The summed E-state index contributed by atoms with van der Waals surface area (Å²) in [5.41, 5.74) is 0.836. The zero-order valence-electron chi connectivity index (χ0n) is 19.4. The second kappa shape index (κ2) is 7.60. The molecular formula is C26H38O4. The smallest absolute Gasteiger partial charge is 0.308 e. The average Bonchev–Trinajstić information content (AvgIpc) is 2.93. The monoisotopic (exact) mass is 414 g/mol. The fraction of sp³-hybridized carbons (Fsp3) is 0.808. The lowest BCUT2D eigenvalue weighted by Gasteiger charge is -2.57. The number of ether oxygens (including phenoxy) is 1. The molecule has 4 aliphatic rings. The van der Waals surface area contributed by atoms with Gasteiger partial charge in [0.1, 0.15) is 5.78 Å². The molecule has 166 valence electrons. The Morgan fingerprint density at radius 1 is 1.10 bits per heavy atom. The first-order chi connectivity index (χ1) is 14.1. The van der Waals surface area contributed by atoms with Crippen LogP contribution in [0.4, 0.5) is 0 Å². The first kappa shape index (κ1) is 21.8. The van der Waals surface area contributed by atoms with E-state index in [2.05, 4.69) is 27.7 Å². The Hall–Kier alpha value is -1.45. The second-order valence-corrected chi connectivity index (χ2v) is 11.4. The highest BCUT2D eigenvalue weighted by atomic mass is 16.5. The van der Waals surface area contributed by atoms with Crippen molar-refractivity contribution in [2.75, 3.05) is 0 Å². The van der Waals surface area contributed by atoms with Crippen LogP contribution in [0.5, 0.6) is 0 Å². The van der Waals surface area contributed by atoms with E-state index < -0.39 is 5.97 Å². The summed E-state index contributed by atoms with van der Waals surface area (Å²) < 4.78 is 5.46. The van der Waals surface area contributed by atoms with Gasteiger partial charge in [-0.25, -0.2) is 0 Å². The van der Waals surface area contributed by atoms with Crippen molar-refractivity contribution < 1.29 is 19.1 Å². The van der Waals surface area contributed by atoms with Crippen molar-refractivity contribution in [3.05, 3.63) is 11.3 Å². The van der Waals surface area contributed by atoms with Crippen LogP contribution in [0.3, 0.4) is 0 Å². The lowest BCUT2D eigenvalue weighted by molar-refractivity contribution is -0.143. The van der Waals surface area contributed by atoms with Crippen LogP contribution in [0, 0.1) is 40.4 Å². The van der Waals surface area contributed by atoms with Crippen LogP contribution < -0.4 is 0 Å². The van der Waals surface area contributed by atoms with Gasteiger partial charge in [0, 0.05) is 25.2 Å². The third-order valence-electron chi connectivity index (χ3n) is 9.28. The predicted octanol–water partition coefficient (Wildman–Crippen LogP) is 5.64. The maximum atomic E-state index is 13.1. The molecule has 4 aliphatic carbocycles. The molecule has 0 unspecified atom stereocenters. The molecule has 0 radical (unpaired) electrons. The second-order valence-electron chi connectivity index (χ2n) is 11.4. The molecule has 0 aromatic heterocycles. The average molecular weight is 415 g/mol. The van der Waals surface area contributed by atoms with E-state index in [1.54, 1.807) is 0 Å². The molecule has 0 aromatic rings. The van der Waals surface area contributed by atoms with Crippen LogP contribution in [0.25, 0.3) is 0 Å². The molecule has 0 saturated heterocycles. The molecule has 4 nitrogen and oxygen atoms in total. The van der Waals surface area contributed by atoms with Crippen molar-refractivity contribution in [2.45, 2.75) is 92.4 Å².